The van der Waals surface area contributed by atoms with Gasteiger partial charge in [0.2, 0.25) is 6.29 Å². The number of benzene rings is 1. The molecule has 1 rings (SSSR count). The van der Waals surface area contributed by atoms with Crippen LogP contribution < -0.4 is 10.1 Å². The largest absolute Gasteiger partial charge is 0.496 e. The summed E-state index contributed by atoms with van der Waals surface area (Å²) in [5.74, 6) is -0.00437. The molecule has 0 fully saturated rings. The van der Waals surface area contributed by atoms with Crippen molar-refractivity contribution in [2.24, 2.45) is 0 Å². The minimum atomic E-state index is -0.667. The molecule has 1 aromatic rings. The van der Waals surface area contributed by atoms with E-state index in [4.69, 9.17) is 16.3 Å². The number of amides is 1. The summed E-state index contributed by atoms with van der Waals surface area (Å²) in [6.07, 6.45) is 0.226. The highest BCUT2D eigenvalue weighted by atomic mass is 35.5. The average molecular weight is 242 g/mol. The van der Waals surface area contributed by atoms with E-state index in [0.717, 1.165) is 11.1 Å². The van der Waals surface area contributed by atoms with Crippen molar-refractivity contribution < 1.29 is 14.3 Å². The Hall–Kier alpha value is -1.55. The van der Waals surface area contributed by atoms with Crippen LogP contribution in [-0.2, 0) is 16.1 Å². The maximum atomic E-state index is 10.8. The summed E-state index contributed by atoms with van der Waals surface area (Å²) in [7, 11) is 1.54. The molecule has 0 atom stereocenters. The van der Waals surface area contributed by atoms with Crippen LogP contribution in [0.2, 0.25) is 5.02 Å². The number of aldehydes is 1. The van der Waals surface area contributed by atoms with Crippen LogP contribution in [0.15, 0.2) is 12.1 Å². The number of halogens is 1. The van der Waals surface area contributed by atoms with Gasteiger partial charge in [0.05, 0.1) is 7.11 Å². The molecule has 5 heteroatoms. The van der Waals surface area contributed by atoms with Crippen LogP contribution in [-0.4, -0.2) is 19.3 Å². The summed E-state index contributed by atoms with van der Waals surface area (Å²) in [6, 6.07) is 3.46. The standard InChI is InChI=1S/C11H12ClNO3/c1-7-3-9(12)4-8(11(7)16-2)5-13-10(15)6-14/h3-4,6H,5H2,1-2H3,(H,13,15). The third-order valence-corrected chi connectivity index (χ3v) is 2.30. The van der Waals surface area contributed by atoms with Crippen molar-refractivity contribution in [1.82, 2.24) is 5.32 Å². The van der Waals surface area contributed by atoms with E-state index in [9.17, 15) is 9.59 Å². The molecule has 4 nitrogen and oxygen atoms in total. The predicted octanol–water partition coefficient (Wildman–Crippen LogP) is 1.47. The second kappa shape index (κ2) is 5.51. The first-order valence-electron chi connectivity index (χ1n) is 4.64. The minimum absolute atomic E-state index is 0.210. The molecule has 0 radical (unpaired) electrons. The van der Waals surface area contributed by atoms with Gasteiger partial charge < -0.3 is 10.1 Å². The van der Waals surface area contributed by atoms with E-state index in [0.29, 0.717) is 10.8 Å². The van der Waals surface area contributed by atoms with Gasteiger partial charge in [-0.1, -0.05) is 11.6 Å². The highest BCUT2D eigenvalue weighted by Gasteiger charge is 2.09. The van der Waals surface area contributed by atoms with Crippen LogP contribution in [0.3, 0.4) is 0 Å². The molecule has 0 heterocycles. The summed E-state index contributed by atoms with van der Waals surface area (Å²) < 4.78 is 5.20. The molecule has 0 spiro atoms. The molecule has 1 N–H and O–H groups in total. The normalized spacial score (nSPS) is 9.69. The lowest BCUT2D eigenvalue weighted by molar-refractivity contribution is -0.131. The van der Waals surface area contributed by atoms with E-state index in [1.165, 1.54) is 0 Å². The van der Waals surface area contributed by atoms with Crippen LogP contribution in [0, 0.1) is 6.92 Å². The smallest absolute Gasteiger partial charge is 0.284 e. The zero-order valence-electron chi connectivity index (χ0n) is 9.04. The average Bonchev–Trinajstić information content (AvgIpc) is 2.25. The molecule has 0 aliphatic rings. The second-order valence-electron chi connectivity index (χ2n) is 3.25. The van der Waals surface area contributed by atoms with E-state index in [2.05, 4.69) is 5.32 Å². The molecule has 1 aromatic carbocycles. The lowest BCUT2D eigenvalue weighted by Crippen LogP contribution is -2.23. The number of methoxy groups -OCH3 is 1. The molecule has 0 saturated heterocycles. The van der Waals surface area contributed by atoms with Crippen molar-refractivity contribution in [2.75, 3.05) is 7.11 Å². The van der Waals surface area contributed by atoms with Crippen LogP contribution in [0.25, 0.3) is 0 Å². The minimum Gasteiger partial charge on any atom is -0.496 e. The Bertz CT molecular complexity index is 418. The first-order chi connectivity index (χ1) is 7.58. The SMILES string of the molecule is COc1c(C)cc(Cl)cc1CNC(=O)C=O. The molecule has 0 aliphatic heterocycles. The molecular formula is C11H12ClNO3. The van der Waals surface area contributed by atoms with Crippen molar-refractivity contribution in [3.63, 3.8) is 0 Å². The Kier molecular flexibility index (Phi) is 4.31. The molecule has 1 amide bonds. The highest BCUT2D eigenvalue weighted by molar-refractivity contribution is 6.30. The van der Waals surface area contributed by atoms with Gasteiger partial charge in [0.1, 0.15) is 5.75 Å². The second-order valence-corrected chi connectivity index (χ2v) is 3.69. The maximum Gasteiger partial charge on any atom is 0.284 e. The molecule has 0 unspecified atom stereocenters. The van der Waals surface area contributed by atoms with Gasteiger partial charge in [-0.3, -0.25) is 9.59 Å². The van der Waals surface area contributed by atoms with Crippen LogP contribution in [0.4, 0.5) is 0 Å². The highest BCUT2D eigenvalue weighted by Crippen LogP contribution is 2.27. The topological polar surface area (TPSA) is 55.4 Å². The molecular weight excluding hydrogens is 230 g/mol. The zero-order chi connectivity index (χ0) is 12.1. The number of hydrogen-bond acceptors (Lipinski definition) is 3. The summed E-state index contributed by atoms with van der Waals surface area (Å²) in [5, 5.41) is 3.00. The quantitative estimate of drug-likeness (QED) is 0.642. The predicted molar refractivity (Wildman–Crippen MR) is 60.7 cm³/mol. The number of nitrogens with one attached hydrogen (secondary N) is 1. The number of aryl methyl sites for hydroxylation is 1. The maximum absolute atomic E-state index is 10.8. The zero-order valence-corrected chi connectivity index (χ0v) is 9.80. The number of carbonyl (C=O) groups excluding carboxylic acids is 2. The van der Waals surface area contributed by atoms with Crippen molar-refractivity contribution in [3.05, 3.63) is 28.3 Å². The van der Waals surface area contributed by atoms with Gasteiger partial charge in [0, 0.05) is 17.1 Å². The molecule has 0 bridgehead atoms. The Morgan fingerprint density at radius 2 is 2.25 bits per heavy atom. The monoisotopic (exact) mass is 241 g/mol. The molecule has 0 aliphatic carbocycles. The number of carbonyl (C=O) groups is 2. The van der Waals surface area contributed by atoms with E-state index in [-0.39, 0.29) is 12.8 Å². The van der Waals surface area contributed by atoms with Crippen LogP contribution in [0.5, 0.6) is 5.75 Å². The van der Waals surface area contributed by atoms with Crippen molar-refractivity contribution >= 4 is 23.8 Å². The van der Waals surface area contributed by atoms with Gasteiger partial charge >= 0.3 is 0 Å². The van der Waals surface area contributed by atoms with Crippen LogP contribution in [0.1, 0.15) is 11.1 Å². The third-order valence-electron chi connectivity index (χ3n) is 2.08. The lowest BCUT2D eigenvalue weighted by Gasteiger charge is -2.12. The van der Waals surface area contributed by atoms with Crippen molar-refractivity contribution in [1.29, 1.82) is 0 Å². The summed E-state index contributed by atoms with van der Waals surface area (Å²) >= 11 is 5.89. The van der Waals surface area contributed by atoms with E-state index >= 15 is 0 Å². The third kappa shape index (κ3) is 2.97. The summed E-state index contributed by atoms with van der Waals surface area (Å²) in [6.45, 7) is 2.07. The van der Waals surface area contributed by atoms with Gasteiger partial charge in [-0.15, -0.1) is 0 Å². The molecule has 0 aromatic heterocycles. The van der Waals surface area contributed by atoms with E-state index in [1.807, 2.05) is 6.92 Å². The number of hydrogen-bond donors (Lipinski definition) is 1. The summed E-state index contributed by atoms with van der Waals surface area (Å²) in [5.41, 5.74) is 1.62. The van der Waals surface area contributed by atoms with Gasteiger partial charge in [0.25, 0.3) is 5.91 Å². The molecule has 0 saturated carbocycles. The Morgan fingerprint density at radius 3 is 2.81 bits per heavy atom. The van der Waals surface area contributed by atoms with Crippen molar-refractivity contribution in [2.45, 2.75) is 13.5 Å². The van der Waals surface area contributed by atoms with Gasteiger partial charge in [-0.2, -0.15) is 0 Å². The number of ether oxygens (including phenoxy) is 1. The van der Waals surface area contributed by atoms with Gasteiger partial charge in [0.15, 0.2) is 0 Å². The first kappa shape index (κ1) is 12.5. The molecule has 86 valence electrons. The Balaban J connectivity index is 2.93. The first-order valence-corrected chi connectivity index (χ1v) is 5.02. The molecule has 16 heavy (non-hydrogen) atoms. The summed E-state index contributed by atoms with van der Waals surface area (Å²) in [4.78, 5) is 20.9. The fourth-order valence-corrected chi connectivity index (χ4v) is 1.74. The number of rotatable bonds is 4. The fraction of sp³-hybridized carbons (Fsp3) is 0.273. The Morgan fingerprint density at radius 1 is 1.56 bits per heavy atom. The van der Waals surface area contributed by atoms with E-state index < -0.39 is 5.91 Å². The van der Waals surface area contributed by atoms with E-state index in [1.54, 1.807) is 19.2 Å². The fourth-order valence-electron chi connectivity index (χ4n) is 1.45. The lowest BCUT2D eigenvalue weighted by atomic mass is 10.1. The van der Waals surface area contributed by atoms with Crippen LogP contribution >= 0.6 is 11.6 Å². The van der Waals surface area contributed by atoms with Crippen molar-refractivity contribution in [3.8, 4) is 5.75 Å². The Labute approximate surface area is 98.5 Å². The van der Waals surface area contributed by atoms with Gasteiger partial charge in [-0.05, 0) is 24.6 Å². The van der Waals surface area contributed by atoms with Gasteiger partial charge in [-0.25, -0.2) is 0 Å².